The second kappa shape index (κ2) is 14.7. The Morgan fingerprint density at radius 1 is 1.02 bits per heavy atom. The number of hydrogen-bond donors (Lipinski definition) is 2. The van der Waals surface area contributed by atoms with Gasteiger partial charge in [-0.2, -0.15) is 0 Å². The van der Waals surface area contributed by atoms with Crippen molar-refractivity contribution in [2.24, 2.45) is 0 Å². The van der Waals surface area contributed by atoms with Gasteiger partial charge in [0.25, 0.3) is 5.91 Å². The van der Waals surface area contributed by atoms with Crippen molar-refractivity contribution in [1.29, 1.82) is 0 Å². The highest BCUT2D eigenvalue weighted by Gasteiger charge is 2.30. The molecule has 14 heteroatoms. The highest BCUT2D eigenvalue weighted by Crippen LogP contribution is 2.40. The Bertz CT molecular complexity index is 1730. The third-order valence-corrected chi connectivity index (χ3v) is 9.59. The number of aryl methyl sites for hydroxylation is 1. The number of carbonyl (C=O) groups is 3. The summed E-state index contributed by atoms with van der Waals surface area (Å²) in [6, 6.07) is 12.2. The van der Waals surface area contributed by atoms with Gasteiger partial charge in [-0.1, -0.05) is 23.9 Å². The molecule has 46 heavy (non-hydrogen) atoms. The van der Waals surface area contributed by atoms with Crippen LogP contribution in [0.25, 0.3) is 5.69 Å². The van der Waals surface area contributed by atoms with Crippen LogP contribution in [0.15, 0.2) is 47.6 Å². The highest BCUT2D eigenvalue weighted by molar-refractivity contribution is 8.00. The van der Waals surface area contributed by atoms with Crippen molar-refractivity contribution in [3.05, 3.63) is 69.9 Å². The van der Waals surface area contributed by atoms with Crippen LogP contribution in [0.3, 0.4) is 0 Å². The maximum atomic E-state index is 13.5. The predicted molar refractivity (Wildman–Crippen MR) is 175 cm³/mol. The lowest BCUT2D eigenvalue weighted by Gasteiger charge is -2.16. The molecule has 1 aliphatic rings. The number of rotatable bonds is 13. The van der Waals surface area contributed by atoms with Crippen LogP contribution in [0, 0.1) is 0 Å². The zero-order valence-electron chi connectivity index (χ0n) is 26.2. The Morgan fingerprint density at radius 2 is 1.76 bits per heavy atom. The number of nitrogens with zero attached hydrogens (tertiary/aromatic N) is 3. The summed E-state index contributed by atoms with van der Waals surface area (Å²) in [5.74, 6) is 0.845. The van der Waals surface area contributed by atoms with Crippen molar-refractivity contribution in [1.82, 2.24) is 20.1 Å². The molecule has 0 saturated heterocycles. The fourth-order valence-electron chi connectivity index (χ4n) is 5.08. The van der Waals surface area contributed by atoms with Crippen LogP contribution < -0.4 is 24.8 Å². The van der Waals surface area contributed by atoms with Crippen LogP contribution in [0.4, 0.5) is 5.00 Å². The number of ether oxygens (including phenoxy) is 4. The number of esters is 1. The van der Waals surface area contributed by atoms with Crippen molar-refractivity contribution in [3.8, 4) is 22.9 Å². The smallest absolute Gasteiger partial charge is 0.341 e. The lowest BCUT2D eigenvalue weighted by molar-refractivity contribution is -0.115. The summed E-state index contributed by atoms with van der Waals surface area (Å²) >= 11 is 2.62. The van der Waals surface area contributed by atoms with E-state index in [0.717, 1.165) is 29.7 Å². The van der Waals surface area contributed by atoms with Crippen molar-refractivity contribution < 1.29 is 33.3 Å². The molecule has 2 N–H and O–H groups in total. The number of methoxy groups -OCH3 is 3. The van der Waals surface area contributed by atoms with Gasteiger partial charge in [-0.3, -0.25) is 14.2 Å². The van der Waals surface area contributed by atoms with E-state index in [1.807, 2.05) is 18.2 Å². The Kier molecular flexibility index (Phi) is 10.5. The second-order valence-corrected chi connectivity index (χ2v) is 12.6. The van der Waals surface area contributed by atoms with Crippen LogP contribution in [0.5, 0.6) is 17.2 Å². The fraction of sp³-hybridized carbons (Fsp3) is 0.344. The number of thiophene rings is 1. The molecule has 2 aromatic heterocycles. The largest absolute Gasteiger partial charge is 0.497 e. The molecule has 2 heterocycles. The van der Waals surface area contributed by atoms with Crippen molar-refractivity contribution >= 4 is 45.9 Å². The number of amides is 2. The summed E-state index contributed by atoms with van der Waals surface area (Å²) in [7, 11) is 4.58. The molecule has 0 bridgehead atoms. The van der Waals surface area contributed by atoms with Gasteiger partial charge in [-0.15, -0.1) is 21.5 Å². The van der Waals surface area contributed by atoms with Crippen LogP contribution in [-0.2, 0) is 28.9 Å². The van der Waals surface area contributed by atoms with E-state index in [9.17, 15) is 14.4 Å². The van der Waals surface area contributed by atoms with Crippen LogP contribution in [-0.4, -0.2) is 65.7 Å². The molecule has 2 amide bonds. The molecule has 0 fully saturated rings. The number of benzene rings is 2. The topological polar surface area (TPSA) is 143 Å². The first kappa shape index (κ1) is 32.8. The molecular weight excluding hydrogens is 631 g/mol. The first-order chi connectivity index (χ1) is 22.3. The number of fused-ring (bicyclic) bond motifs is 1. The molecule has 0 spiro atoms. The van der Waals surface area contributed by atoms with E-state index in [-0.39, 0.29) is 25.0 Å². The van der Waals surface area contributed by atoms with Crippen LogP contribution in [0.2, 0.25) is 0 Å². The molecule has 2 aromatic carbocycles. The maximum Gasteiger partial charge on any atom is 0.341 e. The highest BCUT2D eigenvalue weighted by atomic mass is 32.2. The SMILES string of the molecule is CCOC(=O)c1c(NC(=O)[C@H](C)Sc2nnc(CNC(=O)c3cc(OC)cc(OC)c3)n2-c2ccccc2OC)sc2c1CCC2. The summed E-state index contributed by atoms with van der Waals surface area (Å²) in [6.07, 6.45) is 2.63. The minimum Gasteiger partial charge on any atom is -0.497 e. The van der Waals surface area contributed by atoms with E-state index in [2.05, 4.69) is 20.8 Å². The van der Waals surface area contributed by atoms with Gasteiger partial charge in [0.2, 0.25) is 5.91 Å². The zero-order valence-corrected chi connectivity index (χ0v) is 27.8. The molecule has 1 atom stereocenters. The summed E-state index contributed by atoms with van der Waals surface area (Å²) in [6.45, 7) is 3.78. The lowest BCUT2D eigenvalue weighted by Crippen LogP contribution is -2.25. The number of hydrogen-bond acceptors (Lipinski definition) is 11. The minimum absolute atomic E-state index is 0.0220. The molecule has 0 aliphatic heterocycles. The van der Waals surface area contributed by atoms with Gasteiger partial charge in [-0.05, 0) is 62.9 Å². The zero-order chi connectivity index (χ0) is 32.8. The summed E-state index contributed by atoms with van der Waals surface area (Å²) in [5, 5.41) is 14.9. The van der Waals surface area contributed by atoms with Gasteiger partial charge < -0.3 is 29.6 Å². The number of anilines is 1. The second-order valence-electron chi connectivity index (χ2n) is 10.2. The van der Waals surface area contributed by atoms with Gasteiger partial charge in [0.15, 0.2) is 11.0 Å². The van der Waals surface area contributed by atoms with E-state index in [0.29, 0.717) is 50.0 Å². The molecule has 12 nitrogen and oxygen atoms in total. The number of aromatic nitrogens is 3. The number of para-hydroxylation sites is 2. The summed E-state index contributed by atoms with van der Waals surface area (Å²) in [4.78, 5) is 40.6. The molecule has 0 saturated carbocycles. The van der Waals surface area contributed by atoms with E-state index < -0.39 is 11.2 Å². The van der Waals surface area contributed by atoms with E-state index in [1.54, 1.807) is 49.8 Å². The third-order valence-electron chi connectivity index (χ3n) is 7.34. The monoisotopic (exact) mass is 665 g/mol. The third kappa shape index (κ3) is 6.97. The molecule has 0 radical (unpaired) electrons. The molecule has 1 aliphatic carbocycles. The number of thioether (sulfide) groups is 1. The van der Waals surface area contributed by atoms with Crippen molar-refractivity contribution in [3.63, 3.8) is 0 Å². The number of carbonyl (C=O) groups excluding carboxylic acids is 3. The molecule has 0 unspecified atom stereocenters. The molecule has 242 valence electrons. The van der Waals surface area contributed by atoms with Gasteiger partial charge >= 0.3 is 5.97 Å². The average Bonchev–Trinajstić information content (AvgIpc) is 3.78. The Morgan fingerprint density at radius 3 is 2.46 bits per heavy atom. The molecular formula is C32H35N5O7S2. The van der Waals surface area contributed by atoms with Gasteiger partial charge in [0.05, 0.1) is 51.0 Å². The van der Waals surface area contributed by atoms with Crippen molar-refractivity contribution in [2.75, 3.05) is 33.3 Å². The van der Waals surface area contributed by atoms with Gasteiger partial charge in [-0.25, -0.2) is 4.79 Å². The van der Waals surface area contributed by atoms with E-state index in [4.69, 9.17) is 18.9 Å². The average molecular weight is 666 g/mol. The summed E-state index contributed by atoms with van der Waals surface area (Å²) in [5.41, 5.74) is 2.40. The normalized spacial score (nSPS) is 12.6. The molecule has 5 rings (SSSR count). The van der Waals surface area contributed by atoms with Crippen LogP contribution >= 0.6 is 23.1 Å². The summed E-state index contributed by atoms with van der Waals surface area (Å²) < 4.78 is 23.3. The van der Waals surface area contributed by atoms with E-state index in [1.165, 1.54) is 37.3 Å². The predicted octanol–water partition coefficient (Wildman–Crippen LogP) is 5.07. The van der Waals surface area contributed by atoms with Crippen LogP contribution in [0.1, 0.15) is 57.2 Å². The Hall–Kier alpha value is -4.56. The number of nitrogens with one attached hydrogen (secondary N) is 2. The first-order valence-corrected chi connectivity index (χ1v) is 16.4. The maximum absolute atomic E-state index is 13.5. The lowest BCUT2D eigenvalue weighted by atomic mass is 10.1. The standard InChI is InChI=1S/C32H35N5O7S2/c1-6-44-31(40)27-22-10-9-13-25(22)46-30(27)34-28(38)18(2)45-32-36-35-26(37(32)23-11-7-8-12-24(23)43-5)17-33-29(39)19-14-20(41-3)16-21(15-19)42-4/h7-8,11-12,14-16,18H,6,9-10,13,17H2,1-5H3,(H,33,39)(H,34,38)/t18-/m0/s1. The van der Waals surface area contributed by atoms with Gasteiger partial charge in [0, 0.05) is 16.5 Å². The first-order valence-electron chi connectivity index (χ1n) is 14.7. The quantitative estimate of drug-likeness (QED) is 0.147. The molecule has 4 aromatic rings. The fourth-order valence-corrected chi connectivity index (χ4v) is 7.24. The Balaban J connectivity index is 1.39. The van der Waals surface area contributed by atoms with Crippen molar-refractivity contribution in [2.45, 2.75) is 50.1 Å². The Labute approximate surface area is 274 Å². The minimum atomic E-state index is -0.628. The van der Waals surface area contributed by atoms with Gasteiger partial charge in [0.1, 0.15) is 22.2 Å². The van der Waals surface area contributed by atoms with E-state index >= 15 is 0 Å².